The van der Waals surface area contributed by atoms with Gasteiger partial charge in [-0.2, -0.15) is 5.10 Å². The first-order valence-corrected chi connectivity index (χ1v) is 5.69. The summed E-state index contributed by atoms with van der Waals surface area (Å²) in [6.07, 6.45) is 0. The molecular weight excluding hydrogens is 316 g/mol. The molecule has 0 unspecified atom stereocenters. The van der Waals surface area contributed by atoms with Gasteiger partial charge in [0.2, 0.25) is 0 Å². The van der Waals surface area contributed by atoms with Gasteiger partial charge in [0.25, 0.3) is 0 Å². The van der Waals surface area contributed by atoms with Crippen molar-refractivity contribution in [1.82, 2.24) is 9.78 Å². The van der Waals surface area contributed by atoms with Crippen molar-refractivity contribution in [3.8, 4) is 5.69 Å². The van der Waals surface area contributed by atoms with Crippen LogP contribution in [0, 0.1) is 37.1 Å². The maximum atomic E-state index is 13.7. The largest absolute Gasteiger partial charge is 0.232 e. The average Bonchev–Trinajstić information content (AvgIpc) is 2.64. The standard InChI is InChI=1S/C11H7BrF4N2/c1-4-3-5(2)18(17-4)11-9(15)7(13)6(12)8(14)10(11)16/h3H,1-2H3. The van der Waals surface area contributed by atoms with E-state index in [9.17, 15) is 17.6 Å². The van der Waals surface area contributed by atoms with Crippen LogP contribution in [0.25, 0.3) is 5.69 Å². The first-order chi connectivity index (χ1) is 8.34. The second kappa shape index (κ2) is 4.38. The van der Waals surface area contributed by atoms with Crippen molar-refractivity contribution in [2.75, 3.05) is 0 Å². The van der Waals surface area contributed by atoms with E-state index in [-0.39, 0.29) is 0 Å². The van der Waals surface area contributed by atoms with Gasteiger partial charge in [0.05, 0.1) is 10.2 Å². The number of benzene rings is 1. The number of nitrogens with zero attached hydrogens (tertiary/aromatic N) is 2. The highest BCUT2D eigenvalue weighted by atomic mass is 79.9. The van der Waals surface area contributed by atoms with Crippen molar-refractivity contribution in [3.63, 3.8) is 0 Å². The van der Waals surface area contributed by atoms with Crippen LogP contribution in [0.4, 0.5) is 17.6 Å². The molecule has 0 saturated heterocycles. The molecule has 7 heteroatoms. The highest BCUT2D eigenvalue weighted by Crippen LogP contribution is 2.30. The predicted molar refractivity (Wildman–Crippen MR) is 60.6 cm³/mol. The second-order valence-electron chi connectivity index (χ2n) is 3.76. The van der Waals surface area contributed by atoms with E-state index in [0.717, 1.165) is 4.68 Å². The topological polar surface area (TPSA) is 17.8 Å². The molecule has 1 aromatic heterocycles. The van der Waals surface area contributed by atoms with Crippen molar-refractivity contribution < 1.29 is 17.6 Å². The monoisotopic (exact) mass is 322 g/mol. The van der Waals surface area contributed by atoms with E-state index in [2.05, 4.69) is 21.0 Å². The van der Waals surface area contributed by atoms with Gasteiger partial charge in [-0.05, 0) is 35.8 Å². The molecular formula is C11H7BrF4N2. The molecule has 0 radical (unpaired) electrons. The Bertz CT molecular complexity index is 607. The van der Waals surface area contributed by atoms with Crippen LogP contribution >= 0.6 is 15.9 Å². The zero-order valence-electron chi connectivity index (χ0n) is 9.36. The Hall–Kier alpha value is -1.37. The van der Waals surface area contributed by atoms with Gasteiger partial charge < -0.3 is 0 Å². The maximum absolute atomic E-state index is 13.7. The third-order valence-electron chi connectivity index (χ3n) is 2.41. The summed E-state index contributed by atoms with van der Waals surface area (Å²) in [5.74, 6) is -5.97. The third-order valence-corrected chi connectivity index (χ3v) is 3.10. The number of aryl methyl sites for hydroxylation is 2. The van der Waals surface area contributed by atoms with E-state index in [1.807, 2.05) is 0 Å². The SMILES string of the molecule is Cc1cc(C)n(-c2c(F)c(F)c(Br)c(F)c2F)n1. The van der Waals surface area contributed by atoms with Crippen LogP contribution in [0.1, 0.15) is 11.4 Å². The van der Waals surface area contributed by atoms with Gasteiger partial charge in [-0.15, -0.1) is 0 Å². The molecule has 0 atom stereocenters. The molecule has 0 saturated carbocycles. The summed E-state index contributed by atoms with van der Waals surface area (Å²) >= 11 is 2.45. The molecule has 0 spiro atoms. The molecule has 0 aliphatic heterocycles. The second-order valence-corrected chi connectivity index (χ2v) is 4.55. The third kappa shape index (κ3) is 1.82. The number of halogens is 5. The van der Waals surface area contributed by atoms with Crippen molar-refractivity contribution in [3.05, 3.63) is 45.2 Å². The minimum Gasteiger partial charge on any atom is -0.232 e. The quantitative estimate of drug-likeness (QED) is 0.443. The first kappa shape index (κ1) is 13.1. The van der Waals surface area contributed by atoms with Gasteiger partial charge in [-0.1, -0.05) is 0 Å². The lowest BCUT2D eigenvalue weighted by molar-refractivity contribution is 0.436. The molecule has 2 aromatic rings. The number of rotatable bonds is 1. The van der Waals surface area contributed by atoms with Crippen molar-refractivity contribution >= 4 is 15.9 Å². The van der Waals surface area contributed by atoms with Gasteiger partial charge in [0, 0.05) is 5.69 Å². The van der Waals surface area contributed by atoms with Crippen molar-refractivity contribution in [2.24, 2.45) is 0 Å². The molecule has 0 amide bonds. The zero-order valence-corrected chi connectivity index (χ0v) is 10.9. The fraction of sp³-hybridized carbons (Fsp3) is 0.182. The van der Waals surface area contributed by atoms with Crippen LogP contribution in [0.15, 0.2) is 10.5 Å². The molecule has 0 bridgehead atoms. The van der Waals surface area contributed by atoms with E-state index < -0.39 is 33.4 Å². The summed E-state index contributed by atoms with van der Waals surface area (Å²) in [7, 11) is 0. The number of hydrogen-bond donors (Lipinski definition) is 0. The van der Waals surface area contributed by atoms with Crippen LogP contribution < -0.4 is 0 Å². The first-order valence-electron chi connectivity index (χ1n) is 4.89. The van der Waals surface area contributed by atoms with Crippen LogP contribution in [0.2, 0.25) is 0 Å². The molecule has 0 N–H and O–H groups in total. The predicted octanol–water partition coefficient (Wildman–Crippen LogP) is 3.81. The summed E-state index contributed by atoms with van der Waals surface area (Å²) in [6, 6.07) is 1.54. The fourth-order valence-corrected chi connectivity index (χ4v) is 1.98. The van der Waals surface area contributed by atoms with Crippen molar-refractivity contribution in [1.29, 1.82) is 0 Å². The zero-order chi connectivity index (χ0) is 13.6. The fourth-order valence-electron chi connectivity index (χ4n) is 1.63. The van der Waals surface area contributed by atoms with E-state index in [1.54, 1.807) is 6.92 Å². The van der Waals surface area contributed by atoms with Gasteiger partial charge in [-0.25, -0.2) is 22.2 Å². The Morgan fingerprint density at radius 1 is 1.00 bits per heavy atom. The highest BCUT2D eigenvalue weighted by Gasteiger charge is 2.26. The summed E-state index contributed by atoms with van der Waals surface area (Å²) in [6.45, 7) is 3.13. The molecule has 96 valence electrons. The molecule has 2 nitrogen and oxygen atoms in total. The summed E-state index contributed by atoms with van der Waals surface area (Å²) < 4.78 is 54.1. The molecule has 0 aliphatic carbocycles. The smallest absolute Gasteiger partial charge is 0.188 e. The van der Waals surface area contributed by atoms with Crippen LogP contribution in [-0.2, 0) is 0 Å². The lowest BCUT2D eigenvalue weighted by Gasteiger charge is -2.10. The molecule has 18 heavy (non-hydrogen) atoms. The van der Waals surface area contributed by atoms with E-state index in [0.29, 0.717) is 11.4 Å². The van der Waals surface area contributed by atoms with E-state index >= 15 is 0 Å². The molecule has 0 fully saturated rings. The minimum absolute atomic E-state index is 0.367. The summed E-state index contributed by atoms with van der Waals surface area (Å²) in [5.41, 5.74) is -0.0137. The normalized spacial score (nSPS) is 11.1. The summed E-state index contributed by atoms with van der Waals surface area (Å²) in [5, 5.41) is 3.80. The van der Waals surface area contributed by atoms with E-state index in [4.69, 9.17) is 0 Å². The molecule has 1 heterocycles. The molecule has 0 aliphatic rings. The van der Waals surface area contributed by atoms with Gasteiger partial charge in [0.1, 0.15) is 5.69 Å². The Kier molecular flexibility index (Phi) is 3.18. The van der Waals surface area contributed by atoms with Gasteiger partial charge >= 0.3 is 0 Å². The van der Waals surface area contributed by atoms with E-state index in [1.165, 1.54) is 13.0 Å². The van der Waals surface area contributed by atoms with Gasteiger partial charge in [-0.3, -0.25) is 0 Å². The lowest BCUT2D eigenvalue weighted by Crippen LogP contribution is -2.10. The Morgan fingerprint density at radius 2 is 1.50 bits per heavy atom. The van der Waals surface area contributed by atoms with Crippen LogP contribution in [0.5, 0.6) is 0 Å². The maximum Gasteiger partial charge on any atom is 0.188 e. The molecule has 1 aromatic carbocycles. The highest BCUT2D eigenvalue weighted by molar-refractivity contribution is 9.10. The number of aromatic nitrogens is 2. The van der Waals surface area contributed by atoms with Crippen molar-refractivity contribution in [2.45, 2.75) is 13.8 Å². The minimum atomic E-state index is -1.49. The average molecular weight is 323 g/mol. The Labute approximate surface area is 108 Å². The summed E-state index contributed by atoms with van der Waals surface area (Å²) in [4.78, 5) is 0. The molecule has 2 rings (SSSR count). The van der Waals surface area contributed by atoms with Crippen LogP contribution in [-0.4, -0.2) is 9.78 Å². The van der Waals surface area contributed by atoms with Gasteiger partial charge in [0.15, 0.2) is 23.3 Å². The Balaban J connectivity index is 2.84. The Morgan fingerprint density at radius 3 is 1.89 bits per heavy atom. The number of hydrogen-bond acceptors (Lipinski definition) is 1. The lowest BCUT2D eigenvalue weighted by atomic mass is 10.2. The van der Waals surface area contributed by atoms with Crippen LogP contribution in [0.3, 0.4) is 0 Å².